The number of nitrogens with zero attached hydrogens (tertiary/aromatic N) is 3. The second kappa shape index (κ2) is 9.11. The number of carbonyl (C=O) groups excluding carboxylic acids is 2. The molecular formula is C25H29F5N4O4S. The molecule has 4 heterocycles. The van der Waals surface area contributed by atoms with Gasteiger partial charge in [0.25, 0.3) is 0 Å². The Morgan fingerprint density at radius 3 is 2.41 bits per heavy atom. The number of amides is 2. The van der Waals surface area contributed by atoms with Crippen LogP contribution >= 0.6 is 10.2 Å². The lowest BCUT2D eigenvalue weighted by molar-refractivity contribution is -0.138. The van der Waals surface area contributed by atoms with Gasteiger partial charge >= 0.3 is 10.2 Å². The number of halogens is 5. The van der Waals surface area contributed by atoms with Crippen molar-refractivity contribution in [2.24, 2.45) is 5.41 Å². The molecule has 2 aromatic rings. The van der Waals surface area contributed by atoms with Crippen LogP contribution in [-0.2, 0) is 19.1 Å². The van der Waals surface area contributed by atoms with Gasteiger partial charge in [-0.25, -0.2) is 0 Å². The SMILES string of the molecule is CO[C@H]1CN[C@@H](C(=O)N(c2ccc(S(F)(F)(F)(F)F)cc2)C(C(=O)N2CCC3(COC3)C2)c2cccnc2)C1. The van der Waals surface area contributed by atoms with Gasteiger partial charge in [-0.1, -0.05) is 25.5 Å². The highest BCUT2D eigenvalue weighted by molar-refractivity contribution is 8.45. The zero-order valence-corrected chi connectivity index (χ0v) is 21.9. The normalized spacial score (nSPS) is 25.0. The average Bonchev–Trinajstić information content (AvgIpc) is 3.54. The number of methoxy groups -OCH3 is 1. The highest BCUT2D eigenvalue weighted by atomic mass is 32.5. The molecule has 0 aliphatic carbocycles. The summed E-state index contributed by atoms with van der Waals surface area (Å²) in [5, 5.41) is 3.03. The fraction of sp³-hybridized carbons (Fsp3) is 0.480. The van der Waals surface area contributed by atoms with E-state index in [0.717, 1.165) is 17.0 Å². The summed E-state index contributed by atoms with van der Waals surface area (Å²) in [6, 6.07) is 3.16. The van der Waals surface area contributed by atoms with E-state index in [1.165, 1.54) is 19.5 Å². The molecule has 3 aliphatic heterocycles. The van der Waals surface area contributed by atoms with Crippen LogP contribution in [0.2, 0.25) is 0 Å². The number of aromatic nitrogens is 1. The maximum absolute atomic E-state index is 14.1. The topological polar surface area (TPSA) is 84.0 Å². The standard InChI is InChI=1S/C25H29F5N4O4S/c1-37-19-11-21(32-13-19)23(35)34(18-4-6-20(7-5-18)39(26,27,28,29)30)22(17-3-2-9-31-12-17)24(36)33-10-8-25(14-33)15-38-16-25/h2-7,9,12,19,21-22,32H,8,10-11,13-16H2,1H3/t19-,21-,22?/m1/s1. The third-order valence-electron chi connectivity index (χ3n) is 7.58. The van der Waals surface area contributed by atoms with E-state index in [9.17, 15) is 29.0 Å². The van der Waals surface area contributed by atoms with Crippen LogP contribution in [0.4, 0.5) is 25.1 Å². The van der Waals surface area contributed by atoms with E-state index in [1.54, 1.807) is 17.0 Å². The smallest absolute Gasteiger partial charge is 0.310 e. The summed E-state index contributed by atoms with van der Waals surface area (Å²) in [6.45, 7) is 2.19. The van der Waals surface area contributed by atoms with Crippen LogP contribution in [0.15, 0.2) is 53.7 Å². The number of nitrogens with one attached hydrogen (secondary N) is 1. The Morgan fingerprint density at radius 2 is 1.90 bits per heavy atom. The molecule has 0 radical (unpaired) electrons. The monoisotopic (exact) mass is 576 g/mol. The molecule has 3 fully saturated rings. The maximum atomic E-state index is 14.1. The molecule has 1 N–H and O–H groups in total. The summed E-state index contributed by atoms with van der Waals surface area (Å²) in [7, 11) is -8.46. The second-order valence-electron chi connectivity index (χ2n) is 10.4. The molecule has 0 saturated carbocycles. The van der Waals surface area contributed by atoms with Crippen molar-refractivity contribution in [2.75, 3.05) is 44.9 Å². The molecule has 3 saturated heterocycles. The molecule has 2 amide bonds. The fourth-order valence-corrected chi connectivity index (χ4v) is 6.02. The number of likely N-dealkylation sites (tertiary alicyclic amines) is 1. The van der Waals surface area contributed by atoms with Gasteiger partial charge in [-0.3, -0.25) is 19.5 Å². The Labute approximate surface area is 222 Å². The average molecular weight is 577 g/mol. The van der Waals surface area contributed by atoms with E-state index < -0.39 is 39.0 Å². The Morgan fingerprint density at radius 1 is 1.18 bits per heavy atom. The predicted octanol–water partition coefficient (Wildman–Crippen LogP) is 4.44. The van der Waals surface area contributed by atoms with Crippen LogP contribution in [0.5, 0.6) is 0 Å². The van der Waals surface area contributed by atoms with Crippen molar-refractivity contribution >= 4 is 27.7 Å². The number of anilines is 1. The van der Waals surface area contributed by atoms with Gasteiger partial charge in [0, 0.05) is 55.8 Å². The van der Waals surface area contributed by atoms with Crippen molar-refractivity contribution in [3.63, 3.8) is 0 Å². The number of ether oxygens (including phenoxy) is 2. The number of benzene rings is 1. The van der Waals surface area contributed by atoms with Crippen molar-refractivity contribution in [1.82, 2.24) is 15.2 Å². The quantitative estimate of drug-likeness (QED) is 0.491. The van der Waals surface area contributed by atoms with Crippen LogP contribution in [0.3, 0.4) is 0 Å². The van der Waals surface area contributed by atoms with Crippen molar-refractivity contribution in [3.8, 4) is 0 Å². The van der Waals surface area contributed by atoms with Crippen LogP contribution in [0.25, 0.3) is 0 Å². The molecule has 214 valence electrons. The van der Waals surface area contributed by atoms with E-state index in [0.29, 0.717) is 44.8 Å². The summed E-state index contributed by atoms with van der Waals surface area (Å²) < 4.78 is 77.9. The largest absolute Gasteiger partial charge is 0.380 e. The number of hydrogen-bond acceptors (Lipinski definition) is 6. The van der Waals surface area contributed by atoms with E-state index in [4.69, 9.17) is 9.47 Å². The summed E-state index contributed by atoms with van der Waals surface area (Å²) in [4.78, 5) is 32.8. The van der Waals surface area contributed by atoms with E-state index in [2.05, 4.69) is 10.3 Å². The number of pyridine rings is 1. The van der Waals surface area contributed by atoms with Gasteiger partial charge in [0.05, 0.1) is 25.4 Å². The Balaban J connectivity index is 1.57. The fourth-order valence-electron chi connectivity index (χ4n) is 5.37. The van der Waals surface area contributed by atoms with Gasteiger partial charge in [-0.15, -0.1) is 0 Å². The molecule has 5 rings (SSSR count). The molecule has 39 heavy (non-hydrogen) atoms. The highest BCUT2D eigenvalue weighted by Gasteiger charge is 2.65. The summed E-state index contributed by atoms with van der Waals surface area (Å²) in [5.41, 5.74) is 0.0439. The first-order chi connectivity index (χ1) is 18.2. The first kappa shape index (κ1) is 27.7. The van der Waals surface area contributed by atoms with Gasteiger partial charge < -0.3 is 19.7 Å². The maximum Gasteiger partial charge on any atom is 0.310 e. The lowest BCUT2D eigenvalue weighted by Crippen LogP contribution is -2.51. The van der Waals surface area contributed by atoms with Crippen LogP contribution in [0.1, 0.15) is 24.4 Å². The molecule has 1 aromatic heterocycles. The van der Waals surface area contributed by atoms with Crippen LogP contribution < -0.4 is 10.2 Å². The minimum atomic E-state index is -9.96. The van der Waals surface area contributed by atoms with Crippen molar-refractivity contribution in [1.29, 1.82) is 0 Å². The van der Waals surface area contributed by atoms with Crippen molar-refractivity contribution < 1.29 is 38.5 Å². The third-order valence-corrected chi connectivity index (χ3v) is 8.74. The number of carbonyl (C=O) groups is 2. The first-order valence-electron chi connectivity index (χ1n) is 12.4. The minimum absolute atomic E-state index is 0.128. The summed E-state index contributed by atoms with van der Waals surface area (Å²) in [5.74, 6) is -1.05. The van der Waals surface area contributed by atoms with Crippen LogP contribution in [0, 0.1) is 5.41 Å². The molecule has 1 unspecified atom stereocenters. The Bertz CT molecular complexity index is 1250. The van der Waals surface area contributed by atoms with E-state index >= 15 is 0 Å². The lowest BCUT2D eigenvalue weighted by atomic mass is 9.85. The lowest BCUT2D eigenvalue weighted by Gasteiger charge is -2.41. The molecule has 0 bridgehead atoms. The molecule has 1 spiro atoms. The predicted molar refractivity (Wildman–Crippen MR) is 134 cm³/mol. The summed E-state index contributed by atoms with van der Waals surface area (Å²) in [6.07, 6.45) is 3.57. The van der Waals surface area contributed by atoms with Crippen LogP contribution in [-0.4, -0.2) is 73.8 Å². The van der Waals surface area contributed by atoms with Gasteiger partial charge in [-0.05, 0) is 43.2 Å². The number of rotatable bonds is 7. The van der Waals surface area contributed by atoms with Gasteiger partial charge in [0.2, 0.25) is 11.8 Å². The second-order valence-corrected chi connectivity index (χ2v) is 12.8. The molecular weight excluding hydrogens is 547 g/mol. The molecule has 3 atom stereocenters. The zero-order valence-electron chi connectivity index (χ0n) is 21.1. The molecule has 14 heteroatoms. The summed E-state index contributed by atoms with van der Waals surface area (Å²) >= 11 is 0. The molecule has 8 nitrogen and oxygen atoms in total. The van der Waals surface area contributed by atoms with Crippen molar-refractivity contribution in [3.05, 3.63) is 54.4 Å². The molecule has 3 aliphatic rings. The van der Waals surface area contributed by atoms with Gasteiger partial charge in [-0.2, -0.15) is 0 Å². The van der Waals surface area contributed by atoms with E-state index in [-0.39, 0.29) is 35.8 Å². The minimum Gasteiger partial charge on any atom is -0.380 e. The Kier molecular flexibility index (Phi) is 6.48. The third kappa shape index (κ3) is 5.60. The van der Waals surface area contributed by atoms with E-state index in [1.807, 2.05) is 0 Å². The van der Waals surface area contributed by atoms with Crippen molar-refractivity contribution in [2.45, 2.75) is 35.9 Å². The number of hydrogen-bond donors (Lipinski definition) is 1. The highest BCUT2D eigenvalue weighted by Crippen LogP contribution is 3.02. The Hall–Kier alpha value is -2.81. The molecule has 1 aromatic carbocycles. The van der Waals surface area contributed by atoms with Gasteiger partial charge in [0.15, 0.2) is 0 Å². The zero-order chi connectivity index (χ0) is 28.1. The first-order valence-corrected chi connectivity index (χ1v) is 14.3. The van der Waals surface area contributed by atoms with Gasteiger partial charge in [0.1, 0.15) is 10.9 Å².